The van der Waals surface area contributed by atoms with Crippen LogP contribution in [0.4, 0.5) is 5.13 Å². The molecule has 0 aliphatic heterocycles. The van der Waals surface area contributed by atoms with Crippen LogP contribution in [0.3, 0.4) is 0 Å². The van der Waals surface area contributed by atoms with Crippen LogP contribution in [0.25, 0.3) is 0 Å². The van der Waals surface area contributed by atoms with Gasteiger partial charge in [0.25, 0.3) is 0 Å². The van der Waals surface area contributed by atoms with Crippen LogP contribution < -0.4 is 16.4 Å². The van der Waals surface area contributed by atoms with E-state index < -0.39 is 5.92 Å². The quantitative estimate of drug-likeness (QED) is 0.559. The van der Waals surface area contributed by atoms with E-state index in [1.807, 2.05) is 32.7 Å². The predicted octanol–water partition coefficient (Wildman–Crippen LogP) is 2.62. The second-order valence-electron chi connectivity index (χ2n) is 7.17. The van der Waals surface area contributed by atoms with Gasteiger partial charge in [0.2, 0.25) is 11.8 Å². The number of nitrogen functional groups attached to an aromatic ring is 1. The molecule has 7 nitrogen and oxygen atoms in total. The van der Waals surface area contributed by atoms with E-state index in [1.54, 1.807) is 30.5 Å². The fraction of sp³-hybridized carbons (Fsp3) is 0.450. The molecular weight excluding hydrogens is 410 g/mol. The molecule has 2 amide bonds. The van der Waals surface area contributed by atoms with Crippen molar-refractivity contribution < 1.29 is 9.59 Å². The van der Waals surface area contributed by atoms with Crippen molar-refractivity contribution in [1.29, 1.82) is 0 Å². The lowest BCUT2D eigenvalue weighted by atomic mass is 9.98. The third-order valence-corrected chi connectivity index (χ3v) is 5.96. The van der Waals surface area contributed by atoms with Gasteiger partial charge in [-0.05, 0) is 45.5 Å². The number of carbonyl (C=O) groups excluding carboxylic acids is 2. The van der Waals surface area contributed by atoms with Gasteiger partial charge in [0.1, 0.15) is 0 Å². The van der Waals surface area contributed by atoms with Crippen molar-refractivity contribution in [3.05, 3.63) is 45.9 Å². The molecule has 2 atom stereocenters. The Morgan fingerprint density at radius 2 is 1.83 bits per heavy atom. The highest BCUT2D eigenvalue weighted by atomic mass is 35.5. The maximum absolute atomic E-state index is 12.9. The summed E-state index contributed by atoms with van der Waals surface area (Å²) in [5.41, 5.74) is 6.41. The summed E-state index contributed by atoms with van der Waals surface area (Å²) in [5.74, 6) is -0.856. The number of anilines is 1. The Labute approximate surface area is 180 Å². The van der Waals surface area contributed by atoms with Gasteiger partial charge in [-0.15, -0.1) is 11.3 Å². The summed E-state index contributed by atoms with van der Waals surface area (Å²) in [5, 5.41) is 6.86. The Morgan fingerprint density at radius 1 is 1.17 bits per heavy atom. The summed E-state index contributed by atoms with van der Waals surface area (Å²) >= 11 is 7.31. The first-order valence-electron chi connectivity index (χ1n) is 9.42. The van der Waals surface area contributed by atoms with Crippen LogP contribution in [0.15, 0.2) is 30.5 Å². The van der Waals surface area contributed by atoms with Crippen molar-refractivity contribution in [1.82, 2.24) is 20.5 Å². The van der Waals surface area contributed by atoms with Gasteiger partial charge in [-0.3, -0.25) is 14.5 Å². The number of hydrogen-bond acceptors (Lipinski definition) is 6. The molecular formula is C20H28ClN5O2S. The van der Waals surface area contributed by atoms with Crippen molar-refractivity contribution >= 4 is 39.9 Å². The first kappa shape index (κ1) is 23.1. The lowest BCUT2D eigenvalue weighted by molar-refractivity contribution is -0.126. The van der Waals surface area contributed by atoms with Crippen LogP contribution in [0.1, 0.15) is 37.1 Å². The highest BCUT2D eigenvalue weighted by molar-refractivity contribution is 7.15. The minimum Gasteiger partial charge on any atom is -0.375 e. The summed E-state index contributed by atoms with van der Waals surface area (Å²) in [4.78, 5) is 32.3. The molecule has 2 rings (SSSR count). The summed E-state index contributed by atoms with van der Waals surface area (Å²) in [6.07, 6.45) is 1.64. The summed E-state index contributed by atoms with van der Waals surface area (Å²) in [7, 11) is 1.90. The maximum Gasteiger partial charge on any atom is 0.237 e. The number of amides is 2. The number of thiazole rings is 1. The third-order valence-electron chi connectivity index (χ3n) is 4.88. The van der Waals surface area contributed by atoms with Crippen LogP contribution in [0.5, 0.6) is 0 Å². The number of benzene rings is 1. The zero-order chi connectivity index (χ0) is 21.6. The van der Waals surface area contributed by atoms with E-state index in [9.17, 15) is 9.59 Å². The average molecular weight is 438 g/mol. The lowest BCUT2D eigenvalue weighted by Crippen LogP contribution is -2.47. The van der Waals surface area contributed by atoms with Crippen LogP contribution in [0, 0.1) is 0 Å². The van der Waals surface area contributed by atoms with Gasteiger partial charge in [0.05, 0.1) is 18.5 Å². The van der Waals surface area contributed by atoms with Crippen molar-refractivity contribution in [2.75, 3.05) is 19.3 Å². The van der Waals surface area contributed by atoms with Crippen molar-refractivity contribution in [3.63, 3.8) is 0 Å². The number of carbonyl (C=O) groups is 2. The van der Waals surface area contributed by atoms with Crippen molar-refractivity contribution in [2.24, 2.45) is 0 Å². The highest BCUT2D eigenvalue weighted by Gasteiger charge is 2.25. The van der Waals surface area contributed by atoms with Crippen LogP contribution >= 0.6 is 22.9 Å². The molecule has 0 aliphatic rings. The normalized spacial score (nSPS) is 13.3. The zero-order valence-electron chi connectivity index (χ0n) is 17.1. The van der Waals surface area contributed by atoms with E-state index in [2.05, 4.69) is 15.6 Å². The Kier molecular flexibility index (Phi) is 8.43. The first-order valence-corrected chi connectivity index (χ1v) is 10.6. The molecule has 158 valence electrons. The number of hydrogen-bond donors (Lipinski definition) is 3. The fourth-order valence-corrected chi connectivity index (χ4v) is 3.49. The van der Waals surface area contributed by atoms with E-state index in [4.69, 9.17) is 17.3 Å². The van der Waals surface area contributed by atoms with Crippen LogP contribution in [-0.2, 0) is 16.1 Å². The molecule has 2 unspecified atom stereocenters. The minimum absolute atomic E-state index is 0.122. The number of rotatable bonds is 9. The topological polar surface area (TPSA) is 100 Å². The number of likely N-dealkylation sites (N-methyl/N-ethyl adjacent to an activating group) is 1. The molecule has 0 bridgehead atoms. The first-order chi connectivity index (χ1) is 13.7. The summed E-state index contributed by atoms with van der Waals surface area (Å²) < 4.78 is 0. The highest BCUT2D eigenvalue weighted by Crippen LogP contribution is 2.20. The molecule has 0 spiro atoms. The van der Waals surface area contributed by atoms with Gasteiger partial charge in [-0.2, -0.15) is 0 Å². The minimum atomic E-state index is -0.543. The zero-order valence-corrected chi connectivity index (χ0v) is 18.7. The molecule has 0 aliphatic carbocycles. The molecule has 0 radical (unpaired) electrons. The molecule has 1 aromatic carbocycles. The number of nitrogens with two attached hydrogens (primary N) is 1. The Balaban J connectivity index is 2.07. The second-order valence-corrected chi connectivity index (χ2v) is 8.75. The van der Waals surface area contributed by atoms with Crippen LogP contribution in [-0.4, -0.2) is 47.4 Å². The van der Waals surface area contributed by atoms with E-state index in [1.165, 1.54) is 11.3 Å². The molecule has 0 saturated carbocycles. The van der Waals surface area contributed by atoms with Crippen LogP contribution in [0.2, 0.25) is 5.02 Å². The van der Waals surface area contributed by atoms with Crippen molar-refractivity contribution in [3.8, 4) is 0 Å². The number of halogens is 1. The number of nitrogens with zero attached hydrogens (tertiary/aromatic N) is 2. The van der Waals surface area contributed by atoms with Gasteiger partial charge in [-0.25, -0.2) is 4.98 Å². The Bertz CT molecular complexity index is 825. The van der Waals surface area contributed by atoms with E-state index in [0.717, 1.165) is 10.4 Å². The fourth-order valence-electron chi connectivity index (χ4n) is 2.74. The van der Waals surface area contributed by atoms with Gasteiger partial charge in [0, 0.05) is 28.7 Å². The molecule has 9 heteroatoms. The molecule has 29 heavy (non-hydrogen) atoms. The molecule has 1 aromatic heterocycles. The molecule has 0 saturated heterocycles. The molecule has 2 aromatic rings. The summed E-state index contributed by atoms with van der Waals surface area (Å²) in [6, 6.07) is 7.00. The van der Waals surface area contributed by atoms with E-state index in [0.29, 0.717) is 16.7 Å². The molecule has 1 heterocycles. The largest absolute Gasteiger partial charge is 0.375 e. The van der Waals surface area contributed by atoms with Gasteiger partial charge >= 0.3 is 0 Å². The van der Waals surface area contributed by atoms with Gasteiger partial charge in [-0.1, -0.05) is 23.7 Å². The molecule has 0 fully saturated rings. The number of aromatic nitrogens is 1. The smallest absolute Gasteiger partial charge is 0.237 e. The van der Waals surface area contributed by atoms with Gasteiger partial charge < -0.3 is 16.4 Å². The standard InChI is InChI=1S/C20H28ClN5O2S/c1-12(2)26(4)13(3)18(27)24-11-17(14-5-7-15(21)8-6-14)19(28)23-9-16-10-25-20(22)29-16/h5-8,10,12-13,17H,9,11H2,1-4H3,(H2,22,25)(H,23,28)(H,24,27). The lowest BCUT2D eigenvalue weighted by Gasteiger charge is -2.28. The summed E-state index contributed by atoms with van der Waals surface area (Å²) in [6.45, 7) is 6.42. The number of nitrogens with one attached hydrogen (secondary N) is 2. The third kappa shape index (κ3) is 6.69. The monoisotopic (exact) mass is 437 g/mol. The molecule has 4 N–H and O–H groups in total. The van der Waals surface area contributed by atoms with Gasteiger partial charge in [0.15, 0.2) is 5.13 Å². The van der Waals surface area contributed by atoms with Crippen molar-refractivity contribution in [2.45, 2.75) is 45.3 Å². The second kappa shape index (κ2) is 10.6. The Morgan fingerprint density at radius 3 is 2.38 bits per heavy atom. The maximum atomic E-state index is 12.9. The Hall–Kier alpha value is -2.16. The van der Waals surface area contributed by atoms with E-state index >= 15 is 0 Å². The average Bonchev–Trinajstić information content (AvgIpc) is 3.11. The van der Waals surface area contributed by atoms with E-state index in [-0.39, 0.29) is 30.4 Å². The SMILES string of the molecule is CC(C)N(C)C(C)C(=O)NCC(C(=O)NCc1cnc(N)s1)c1ccc(Cl)cc1. The predicted molar refractivity (Wildman–Crippen MR) is 118 cm³/mol.